The zero-order chi connectivity index (χ0) is 16.3. The highest BCUT2D eigenvalue weighted by atomic mass is 16.4. The van der Waals surface area contributed by atoms with E-state index >= 15 is 0 Å². The van der Waals surface area contributed by atoms with Crippen molar-refractivity contribution in [2.24, 2.45) is 0 Å². The second kappa shape index (κ2) is 7.01. The van der Waals surface area contributed by atoms with Crippen LogP contribution in [0.15, 0.2) is 30.3 Å². The first kappa shape index (κ1) is 17.3. The summed E-state index contributed by atoms with van der Waals surface area (Å²) in [7, 11) is 0. The van der Waals surface area contributed by atoms with Crippen LogP contribution in [-0.2, 0) is 0 Å². The summed E-state index contributed by atoms with van der Waals surface area (Å²) in [4.78, 5) is 0. The molecule has 2 rings (SSSR count). The second-order valence-electron chi connectivity index (χ2n) is 5.83. The molecule has 0 unspecified atom stereocenters. The Bertz CT molecular complexity index is 472. The molecule has 0 spiro atoms. The van der Waals surface area contributed by atoms with Gasteiger partial charge in [-0.3, -0.25) is 0 Å². The lowest BCUT2D eigenvalue weighted by molar-refractivity contribution is -0.207. The highest BCUT2D eigenvalue weighted by molar-refractivity contribution is 5.17. The average molecular weight is 313 g/mol. The van der Waals surface area contributed by atoms with Gasteiger partial charge in [0.2, 0.25) is 0 Å². The van der Waals surface area contributed by atoms with Crippen molar-refractivity contribution in [1.29, 1.82) is 0 Å². The van der Waals surface area contributed by atoms with Crippen LogP contribution in [0.5, 0.6) is 0 Å². The maximum atomic E-state index is 10.1. The van der Waals surface area contributed by atoms with Crippen molar-refractivity contribution >= 4 is 0 Å². The van der Waals surface area contributed by atoms with Crippen molar-refractivity contribution in [2.45, 2.75) is 42.5 Å². The number of rotatable bonds is 5. The molecule has 7 heteroatoms. The summed E-state index contributed by atoms with van der Waals surface area (Å²) in [6, 6.07) is 8.15. The molecule has 0 aromatic heterocycles. The van der Waals surface area contributed by atoms with E-state index in [2.05, 4.69) is 5.32 Å². The van der Waals surface area contributed by atoms with Crippen molar-refractivity contribution in [1.82, 2.24) is 5.32 Å². The molecule has 0 radical (unpaired) electrons. The number of hydrogen-bond donors (Lipinski definition) is 7. The van der Waals surface area contributed by atoms with E-state index in [-0.39, 0.29) is 13.0 Å². The molecule has 1 fully saturated rings. The quantitative estimate of drug-likeness (QED) is 0.331. The Morgan fingerprint density at radius 2 is 1.77 bits per heavy atom. The van der Waals surface area contributed by atoms with Crippen LogP contribution in [0.1, 0.15) is 18.1 Å². The summed E-state index contributed by atoms with van der Waals surface area (Å²) in [6.45, 7) is -0.645. The van der Waals surface area contributed by atoms with Crippen molar-refractivity contribution in [3.05, 3.63) is 35.9 Å². The summed E-state index contributed by atoms with van der Waals surface area (Å²) in [5, 5.41) is 61.8. The third kappa shape index (κ3) is 3.47. The van der Waals surface area contributed by atoms with Gasteiger partial charge in [-0.2, -0.15) is 0 Å². The van der Waals surface area contributed by atoms with Crippen LogP contribution in [0, 0.1) is 0 Å². The summed E-state index contributed by atoms with van der Waals surface area (Å²) in [6.07, 6.45) is -5.50. The van der Waals surface area contributed by atoms with Crippen LogP contribution >= 0.6 is 0 Å². The van der Waals surface area contributed by atoms with Gasteiger partial charge in [-0.05, 0) is 12.0 Å². The molecular formula is C15H23NO6. The Morgan fingerprint density at radius 1 is 1.14 bits per heavy atom. The van der Waals surface area contributed by atoms with Crippen LogP contribution in [0.2, 0.25) is 0 Å². The maximum Gasteiger partial charge on any atom is 0.118 e. The van der Waals surface area contributed by atoms with Gasteiger partial charge in [0.1, 0.15) is 17.8 Å². The van der Waals surface area contributed by atoms with Crippen LogP contribution < -0.4 is 5.32 Å². The van der Waals surface area contributed by atoms with E-state index in [0.717, 1.165) is 0 Å². The minimum Gasteiger partial charge on any atom is -0.393 e. The van der Waals surface area contributed by atoms with Crippen molar-refractivity contribution in [3.8, 4) is 0 Å². The topological polar surface area (TPSA) is 133 Å². The number of aliphatic hydroxyl groups is 6. The third-order valence-electron chi connectivity index (χ3n) is 4.24. The van der Waals surface area contributed by atoms with E-state index < -0.39 is 42.7 Å². The molecule has 0 amide bonds. The Hall–Kier alpha value is -1.06. The molecule has 1 aromatic rings. The molecule has 6 atom stereocenters. The lowest BCUT2D eigenvalue weighted by Gasteiger charge is -2.45. The van der Waals surface area contributed by atoms with Gasteiger partial charge in [-0.15, -0.1) is 0 Å². The predicted molar refractivity (Wildman–Crippen MR) is 77.9 cm³/mol. The minimum atomic E-state index is -1.89. The molecule has 22 heavy (non-hydrogen) atoms. The lowest BCUT2D eigenvalue weighted by Crippen LogP contribution is -2.67. The standard InChI is InChI=1S/C15H23NO6/c17-8-15(22)6-10(12(19)13(20)14(15)21)16-7-11(18)9-4-2-1-3-5-9/h1-5,10-14,16-22H,6-8H2/t10-,11+,12-,13-,14+,15-/m0/s1. The fraction of sp³-hybridized carbons (Fsp3) is 0.600. The first-order chi connectivity index (χ1) is 10.4. The Morgan fingerprint density at radius 3 is 2.36 bits per heavy atom. The van der Waals surface area contributed by atoms with E-state index in [9.17, 15) is 30.6 Å². The number of nitrogens with one attached hydrogen (secondary N) is 1. The van der Waals surface area contributed by atoms with E-state index in [1.54, 1.807) is 24.3 Å². The van der Waals surface area contributed by atoms with Gasteiger partial charge < -0.3 is 36.0 Å². The maximum absolute atomic E-state index is 10.1. The SMILES string of the molecule is OC[C@@]1(O)C[C@H](NC[C@@H](O)c2ccccc2)[C@H](O)[C@H](O)[C@H]1O. The highest BCUT2D eigenvalue weighted by Gasteiger charge is 2.51. The normalized spacial score (nSPS) is 37.0. The van der Waals surface area contributed by atoms with Crippen molar-refractivity contribution in [2.75, 3.05) is 13.2 Å². The van der Waals surface area contributed by atoms with Gasteiger partial charge in [0, 0.05) is 12.6 Å². The molecular weight excluding hydrogens is 290 g/mol. The zero-order valence-corrected chi connectivity index (χ0v) is 12.1. The molecule has 0 heterocycles. The van der Waals surface area contributed by atoms with Crippen LogP contribution in [0.3, 0.4) is 0 Å². The largest absolute Gasteiger partial charge is 0.393 e. The van der Waals surface area contributed by atoms with Crippen molar-refractivity contribution in [3.63, 3.8) is 0 Å². The number of aliphatic hydroxyl groups excluding tert-OH is 5. The molecule has 7 nitrogen and oxygen atoms in total. The van der Waals surface area contributed by atoms with Gasteiger partial charge in [-0.1, -0.05) is 30.3 Å². The molecule has 124 valence electrons. The van der Waals surface area contributed by atoms with Gasteiger partial charge >= 0.3 is 0 Å². The third-order valence-corrected chi connectivity index (χ3v) is 4.24. The Kier molecular flexibility index (Phi) is 5.51. The van der Waals surface area contributed by atoms with Gasteiger partial charge in [0.15, 0.2) is 0 Å². The van der Waals surface area contributed by atoms with Gasteiger partial charge in [-0.25, -0.2) is 0 Å². The van der Waals surface area contributed by atoms with E-state index in [1.807, 2.05) is 6.07 Å². The summed E-state index contributed by atoms with van der Waals surface area (Å²) in [5.41, 5.74) is -1.20. The van der Waals surface area contributed by atoms with Crippen LogP contribution in [0.4, 0.5) is 0 Å². The lowest BCUT2D eigenvalue weighted by atomic mass is 9.76. The average Bonchev–Trinajstić information content (AvgIpc) is 2.55. The predicted octanol–water partition coefficient (Wildman–Crippen LogP) is -2.11. The van der Waals surface area contributed by atoms with Gasteiger partial charge in [0.25, 0.3) is 0 Å². The summed E-state index contributed by atoms with van der Waals surface area (Å²) in [5.74, 6) is 0. The number of hydrogen-bond acceptors (Lipinski definition) is 7. The second-order valence-corrected chi connectivity index (χ2v) is 5.83. The first-order valence-corrected chi connectivity index (χ1v) is 7.23. The fourth-order valence-electron chi connectivity index (χ4n) is 2.77. The van der Waals surface area contributed by atoms with E-state index in [4.69, 9.17) is 0 Å². The van der Waals surface area contributed by atoms with Crippen molar-refractivity contribution < 1.29 is 30.6 Å². The molecule has 0 saturated heterocycles. The monoisotopic (exact) mass is 313 g/mol. The summed E-state index contributed by atoms with van der Waals surface area (Å²) < 4.78 is 0. The van der Waals surface area contributed by atoms with E-state index in [0.29, 0.717) is 5.56 Å². The van der Waals surface area contributed by atoms with Gasteiger partial charge in [0.05, 0.1) is 18.8 Å². The molecule has 1 aliphatic rings. The molecule has 1 aliphatic carbocycles. The molecule has 0 aliphatic heterocycles. The molecule has 1 saturated carbocycles. The molecule has 7 N–H and O–H groups in total. The molecule has 0 bridgehead atoms. The van der Waals surface area contributed by atoms with Crippen LogP contribution in [0.25, 0.3) is 0 Å². The smallest absolute Gasteiger partial charge is 0.118 e. The fourth-order valence-corrected chi connectivity index (χ4v) is 2.77. The molecule has 1 aromatic carbocycles. The Balaban J connectivity index is 1.99. The minimum absolute atomic E-state index is 0.0933. The Labute approximate surface area is 128 Å². The zero-order valence-electron chi connectivity index (χ0n) is 12.1. The number of benzene rings is 1. The first-order valence-electron chi connectivity index (χ1n) is 7.23. The highest BCUT2D eigenvalue weighted by Crippen LogP contribution is 2.29. The van der Waals surface area contributed by atoms with E-state index in [1.165, 1.54) is 0 Å². The van der Waals surface area contributed by atoms with Crippen LogP contribution in [-0.4, -0.2) is 73.7 Å². The summed E-state index contributed by atoms with van der Waals surface area (Å²) >= 11 is 0.